The standard InChI is InChI=1S/C34H34ClN3O5S/c1-6-37(7-2)33(40)30-21(3)36-34-38(31(30)26-19-24(41-4)15-16-28(26)42-5)32(39)29(44-34)18-22-11-10-13-25(17-22)43-20-23-12-8-9-14-27(23)35/h8-19,31H,6-7,20H2,1-5H3/b29-18+/t31-/m1/s1. The van der Waals surface area contributed by atoms with Crippen LogP contribution in [0.3, 0.4) is 0 Å². The summed E-state index contributed by atoms with van der Waals surface area (Å²) in [5.41, 5.74) is 3.03. The Kier molecular flexibility index (Phi) is 9.56. The SMILES string of the molecule is CCN(CC)C(=O)C1=C(C)N=c2s/c(=C/c3cccc(OCc4ccccc4Cl)c3)c(=O)n2[C@@H]1c1cc(OC)ccc1OC. The maximum absolute atomic E-state index is 14.2. The zero-order chi connectivity index (χ0) is 31.4. The Hall–Kier alpha value is -4.34. The summed E-state index contributed by atoms with van der Waals surface area (Å²) < 4.78 is 19.3. The molecule has 10 heteroatoms. The predicted octanol–water partition coefficient (Wildman–Crippen LogP) is 5.35. The van der Waals surface area contributed by atoms with Crippen LogP contribution in [0.4, 0.5) is 0 Å². The molecule has 0 spiro atoms. The first kappa shape index (κ1) is 31.1. The quantitative estimate of drug-likeness (QED) is 0.236. The first-order chi connectivity index (χ1) is 21.3. The van der Waals surface area contributed by atoms with Gasteiger partial charge in [0.2, 0.25) is 0 Å². The molecule has 0 bridgehead atoms. The van der Waals surface area contributed by atoms with Crippen molar-refractivity contribution in [2.24, 2.45) is 4.99 Å². The van der Waals surface area contributed by atoms with E-state index in [9.17, 15) is 9.59 Å². The smallest absolute Gasteiger partial charge is 0.271 e. The van der Waals surface area contributed by atoms with Gasteiger partial charge >= 0.3 is 0 Å². The zero-order valence-corrected chi connectivity index (χ0v) is 26.9. The molecule has 0 fully saturated rings. The summed E-state index contributed by atoms with van der Waals surface area (Å²) in [4.78, 5) is 35.1. The zero-order valence-electron chi connectivity index (χ0n) is 25.3. The summed E-state index contributed by atoms with van der Waals surface area (Å²) in [5.74, 6) is 1.59. The molecule has 0 aliphatic carbocycles. The molecular weight excluding hydrogens is 598 g/mol. The number of rotatable bonds is 10. The minimum Gasteiger partial charge on any atom is -0.497 e. The Labute approximate surface area is 265 Å². The summed E-state index contributed by atoms with van der Waals surface area (Å²) in [5, 5.41) is 0.640. The highest BCUT2D eigenvalue weighted by molar-refractivity contribution is 7.07. The number of likely N-dealkylation sites (N-methyl/N-ethyl adjacent to an activating group) is 1. The highest BCUT2D eigenvalue weighted by atomic mass is 35.5. The van der Waals surface area contributed by atoms with Crippen LogP contribution in [-0.4, -0.2) is 42.7 Å². The van der Waals surface area contributed by atoms with Gasteiger partial charge in [0.05, 0.1) is 30.0 Å². The first-order valence-electron chi connectivity index (χ1n) is 14.3. The topological polar surface area (TPSA) is 82.4 Å². The molecule has 1 aliphatic rings. The molecule has 0 saturated carbocycles. The number of amides is 1. The maximum Gasteiger partial charge on any atom is 0.271 e. The molecule has 3 aromatic carbocycles. The van der Waals surface area contributed by atoms with Gasteiger partial charge in [-0.3, -0.25) is 14.2 Å². The summed E-state index contributed by atoms with van der Waals surface area (Å²) in [6.45, 7) is 7.03. The lowest BCUT2D eigenvalue weighted by Crippen LogP contribution is -2.43. The summed E-state index contributed by atoms with van der Waals surface area (Å²) in [6.07, 6.45) is 1.82. The highest BCUT2D eigenvalue weighted by Gasteiger charge is 2.36. The van der Waals surface area contributed by atoms with Crippen molar-refractivity contribution < 1.29 is 19.0 Å². The van der Waals surface area contributed by atoms with Gasteiger partial charge in [0, 0.05) is 29.2 Å². The Balaban J connectivity index is 1.62. The van der Waals surface area contributed by atoms with E-state index < -0.39 is 6.04 Å². The van der Waals surface area contributed by atoms with E-state index in [0.29, 0.717) is 68.1 Å². The number of carbonyl (C=O) groups excluding carboxylic acids is 1. The van der Waals surface area contributed by atoms with Crippen LogP contribution in [0.1, 0.15) is 43.5 Å². The second-order valence-electron chi connectivity index (χ2n) is 10.1. The van der Waals surface area contributed by atoms with Gasteiger partial charge in [-0.15, -0.1) is 0 Å². The van der Waals surface area contributed by atoms with Crippen LogP contribution >= 0.6 is 22.9 Å². The van der Waals surface area contributed by atoms with Crippen molar-refractivity contribution in [3.8, 4) is 17.2 Å². The Morgan fingerprint density at radius 3 is 2.50 bits per heavy atom. The Bertz CT molecular complexity index is 1910. The van der Waals surface area contributed by atoms with E-state index >= 15 is 0 Å². The molecule has 5 rings (SSSR count). The maximum atomic E-state index is 14.2. The van der Waals surface area contributed by atoms with E-state index in [2.05, 4.69) is 0 Å². The predicted molar refractivity (Wildman–Crippen MR) is 173 cm³/mol. The molecule has 228 valence electrons. The fourth-order valence-corrected chi connectivity index (χ4v) is 6.48. The van der Waals surface area contributed by atoms with Crippen molar-refractivity contribution in [1.29, 1.82) is 0 Å². The van der Waals surface area contributed by atoms with Crippen molar-refractivity contribution in [3.63, 3.8) is 0 Å². The molecule has 0 unspecified atom stereocenters. The van der Waals surface area contributed by atoms with Gasteiger partial charge in [-0.25, -0.2) is 4.99 Å². The molecule has 0 N–H and O–H groups in total. The number of nitrogens with zero attached hydrogens (tertiary/aromatic N) is 3. The van der Waals surface area contributed by atoms with E-state index in [0.717, 1.165) is 11.1 Å². The number of halogens is 1. The highest BCUT2D eigenvalue weighted by Crippen LogP contribution is 2.38. The molecule has 1 amide bonds. The minimum atomic E-state index is -0.767. The van der Waals surface area contributed by atoms with Crippen LogP contribution < -0.4 is 29.1 Å². The Morgan fingerprint density at radius 1 is 1.02 bits per heavy atom. The largest absolute Gasteiger partial charge is 0.497 e. The lowest BCUT2D eigenvalue weighted by atomic mass is 9.93. The van der Waals surface area contributed by atoms with E-state index in [1.807, 2.05) is 81.4 Å². The van der Waals surface area contributed by atoms with Gasteiger partial charge in [-0.2, -0.15) is 0 Å². The molecule has 2 heterocycles. The molecule has 4 aromatic rings. The molecule has 0 saturated heterocycles. The van der Waals surface area contributed by atoms with E-state index in [1.54, 1.807) is 35.8 Å². The van der Waals surface area contributed by atoms with Crippen molar-refractivity contribution in [2.45, 2.75) is 33.4 Å². The van der Waals surface area contributed by atoms with Gasteiger partial charge in [0.15, 0.2) is 4.80 Å². The van der Waals surface area contributed by atoms with Crippen LogP contribution in [0, 0.1) is 0 Å². The third kappa shape index (κ3) is 6.16. The van der Waals surface area contributed by atoms with Gasteiger partial charge in [-0.1, -0.05) is 53.3 Å². The molecule has 0 radical (unpaired) electrons. The monoisotopic (exact) mass is 631 g/mol. The molecule has 1 atom stereocenters. The number of fused-ring (bicyclic) bond motifs is 1. The second-order valence-corrected chi connectivity index (χ2v) is 11.5. The van der Waals surface area contributed by atoms with E-state index in [-0.39, 0.29) is 11.5 Å². The number of aromatic nitrogens is 1. The third-order valence-corrected chi connectivity index (χ3v) is 8.89. The van der Waals surface area contributed by atoms with Gasteiger partial charge in [-0.05, 0) is 68.8 Å². The first-order valence-corrected chi connectivity index (χ1v) is 15.5. The van der Waals surface area contributed by atoms with Crippen LogP contribution in [0.25, 0.3) is 6.08 Å². The van der Waals surface area contributed by atoms with E-state index in [4.69, 9.17) is 30.8 Å². The van der Waals surface area contributed by atoms with Gasteiger partial charge < -0.3 is 19.1 Å². The van der Waals surface area contributed by atoms with Crippen molar-refractivity contribution >= 4 is 34.9 Å². The average Bonchev–Trinajstić information content (AvgIpc) is 3.33. The summed E-state index contributed by atoms with van der Waals surface area (Å²) in [7, 11) is 3.14. The minimum absolute atomic E-state index is 0.177. The summed E-state index contributed by atoms with van der Waals surface area (Å²) in [6, 6.07) is 19.7. The van der Waals surface area contributed by atoms with Crippen LogP contribution in [0.15, 0.2) is 87.8 Å². The number of thiazole rings is 1. The van der Waals surface area contributed by atoms with Crippen LogP contribution in [0.2, 0.25) is 5.02 Å². The van der Waals surface area contributed by atoms with Crippen LogP contribution in [0.5, 0.6) is 17.2 Å². The molecule has 1 aliphatic heterocycles. The van der Waals surface area contributed by atoms with Crippen molar-refractivity contribution in [3.05, 3.63) is 119 Å². The number of allylic oxidation sites excluding steroid dienone is 1. The number of ether oxygens (including phenoxy) is 3. The van der Waals surface area contributed by atoms with Gasteiger partial charge in [0.1, 0.15) is 29.9 Å². The van der Waals surface area contributed by atoms with Crippen molar-refractivity contribution in [2.75, 3.05) is 27.3 Å². The number of hydrogen-bond donors (Lipinski definition) is 0. The van der Waals surface area contributed by atoms with E-state index in [1.165, 1.54) is 11.3 Å². The number of hydrogen-bond acceptors (Lipinski definition) is 7. The fourth-order valence-electron chi connectivity index (χ4n) is 5.25. The fraction of sp³-hybridized carbons (Fsp3) is 0.265. The molecule has 8 nitrogen and oxygen atoms in total. The lowest BCUT2D eigenvalue weighted by molar-refractivity contribution is -0.127. The lowest BCUT2D eigenvalue weighted by Gasteiger charge is -2.30. The molecular formula is C34H34ClN3O5S. The van der Waals surface area contributed by atoms with Crippen molar-refractivity contribution in [1.82, 2.24) is 9.47 Å². The number of carbonyl (C=O) groups is 1. The third-order valence-electron chi connectivity index (χ3n) is 7.54. The van der Waals surface area contributed by atoms with Gasteiger partial charge in [0.25, 0.3) is 11.5 Å². The summed E-state index contributed by atoms with van der Waals surface area (Å²) >= 11 is 7.56. The second kappa shape index (κ2) is 13.5. The molecule has 1 aromatic heterocycles. The normalized spacial score (nSPS) is 14.6. The Morgan fingerprint density at radius 2 is 1.80 bits per heavy atom. The average molecular weight is 632 g/mol. The molecule has 44 heavy (non-hydrogen) atoms. The number of methoxy groups -OCH3 is 2. The number of benzene rings is 3. The van der Waals surface area contributed by atoms with Crippen LogP contribution in [-0.2, 0) is 11.4 Å².